The summed E-state index contributed by atoms with van der Waals surface area (Å²) in [5.74, 6) is 0.844. The Morgan fingerprint density at radius 3 is 2.86 bits per heavy atom. The first-order valence-corrected chi connectivity index (χ1v) is 6.82. The Balaban J connectivity index is 1.92. The van der Waals surface area contributed by atoms with Crippen molar-refractivity contribution in [3.05, 3.63) is 30.6 Å². The highest BCUT2D eigenvalue weighted by atomic mass is 16.5. The minimum absolute atomic E-state index is 0.0177. The predicted molar refractivity (Wildman–Crippen MR) is 77.1 cm³/mol. The lowest BCUT2D eigenvalue weighted by Crippen LogP contribution is -2.38. The summed E-state index contributed by atoms with van der Waals surface area (Å²) in [4.78, 5) is 11.8. The van der Waals surface area contributed by atoms with E-state index in [1.807, 2.05) is 19.1 Å². The highest BCUT2D eigenvalue weighted by Gasteiger charge is 2.11. The van der Waals surface area contributed by atoms with Crippen molar-refractivity contribution < 1.29 is 9.53 Å². The third-order valence-corrected chi connectivity index (χ3v) is 3.19. The first-order valence-electron chi connectivity index (χ1n) is 6.82. The minimum Gasteiger partial charge on any atom is -0.484 e. The van der Waals surface area contributed by atoms with Gasteiger partial charge < -0.3 is 10.1 Å². The first kappa shape index (κ1) is 15.0. The summed E-state index contributed by atoms with van der Waals surface area (Å²) >= 11 is 0. The first-order chi connectivity index (χ1) is 10.1. The molecule has 1 unspecified atom stereocenters. The molecule has 0 aliphatic rings. The number of hydrogen-bond acceptors (Lipinski definition) is 5. The summed E-state index contributed by atoms with van der Waals surface area (Å²) in [7, 11) is 0. The van der Waals surface area contributed by atoms with Crippen molar-refractivity contribution in [3.63, 3.8) is 0 Å². The van der Waals surface area contributed by atoms with Gasteiger partial charge in [-0.25, -0.2) is 4.68 Å². The molecule has 1 atom stereocenters. The molecule has 1 aromatic heterocycles. The fourth-order valence-corrected chi connectivity index (χ4v) is 1.61. The van der Waals surface area contributed by atoms with Crippen molar-refractivity contribution >= 4 is 5.91 Å². The fourth-order valence-electron chi connectivity index (χ4n) is 1.61. The number of nitrogens with zero attached hydrogens (tertiary/aromatic N) is 4. The molecular weight excluding hydrogens is 270 g/mol. The lowest BCUT2D eigenvalue weighted by atomic mass is 10.1. The molecule has 0 bridgehead atoms. The zero-order valence-corrected chi connectivity index (χ0v) is 12.4. The number of rotatable bonds is 6. The third-order valence-electron chi connectivity index (χ3n) is 3.19. The second kappa shape index (κ2) is 6.83. The standard InChI is InChI=1S/C14H19N5O2/c1-10(2)11(3)16-14(20)8-21-13-6-4-5-12(7-13)19-9-15-17-18-19/h4-7,9-11H,8H2,1-3H3,(H,16,20). The van der Waals surface area contributed by atoms with E-state index in [4.69, 9.17) is 4.74 Å². The van der Waals surface area contributed by atoms with Crippen LogP contribution in [0.4, 0.5) is 0 Å². The average molecular weight is 289 g/mol. The Morgan fingerprint density at radius 1 is 1.38 bits per heavy atom. The molecule has 2 aromatic rings. The maximum absolute atomic E-state index is 11.8. The average Bonchev–Trinajstić information content (AvgIpc) is 2.99. The van der Waals surface area contributed by atoms with E-state index in [2.05, 4.69) is 34.7 Å². The number of aromatic nitrogens is 4. The second-order valence-electron chi connectivity index (χ2n) is 5.14. The molecule has 0 aliphatic heterocycles. The van der Waals surface area contributed by atoms with Crippen molar-refractivity contribution in [1.29, 1.82) is 0 Å². The van der Waals surface area contributed by atoms with Gasteiger partial charge in [-0.15, -0.1) is 5.10 Å². The van der Waals surface area contributed by atoms with Crippen LogP contribution >= 0.6 is 0 Å². The molecule has 2 rings (SSSR count). The van der Waals surface area contributed by atoms with Gasteiger partial charge in [-0.3, -0.25) is 4.79 Å². The molecule has 0 radical (unpaired) electrons. The minimum atomic E-state index is -0.135. The summed E-state index contributed by atoms with van der Waals surface area (Å²) in [5.41, 5.74) is 0.772. The van der Waals surface area contributed by atoms with Crippen LogP contribution in [0.25, 0.3) is 5.69 Å². The van der Waals surface area contributed by atoms with Crippen LogP contribution in [0.2, 0.25) is 0 Å². The van der Waals surface area contributed by atoms with Gasteiger partial charge in [-0.2, -0.15) is 0 Å². The summed E-state index contributed by atoms with van der Waals surface area (Å²) in [5, 5.41) is 13.9. The van der Waals surface area contributed by atoms with Crippen LogP contribution in [0.1, 0.15) is 20.8 Å². The van der Waals surface area contributed by atoms with Crippen molar-refractivity contribution in [1.82, 2.24) is 25.5 Å². The molecule has 0 spiro atoms. The Bertz CT molecular complexity index is 583. The third kappa shape index (κ3) is 4.27. The monoisotopic (exact) mass is 289 g/mol. The Labute approximate surface area is 123 Å². The molecule has 1 amide bonds. The number of nitrogens with one attached hydrogen (secondary N) is 1. The normalized spacial score (nSPS) is 12.2. The highest BCUT2D eigenvalue weighted by molar-refractivity contribution is 5.77. The van der Waals surface area contributed by atoms with Crippen LogP contribution < -0.4 is 10.1 Å². The number of ether oxygens (including phenoxy) is 1. The Morgan fingerprint density at radius 2 is 2.19 bits per heavy atom. The van der Waals surface area contributed by atoms with Crippen LogP contribution in [0, 0.1) is 5.92 Å². The summed E-state index contributed by atoms with van der Waals surface area (Å²) in [6.45, 7) is 6.07. The molecule has 21 heavy (non-hydrogen) atoms. The zero-order valence-electron chi connectivity index (χ0n) is 12.4. The van der Waals surface area contributed by atoms with Gasteiger partial charge in [-0.1, -0.05) is 19.9 Å². The van der Waals surface area contributed by atoms with E-state index in [0.717, 1.165) is 5.69 Å². The molecule has 0 saturated heterocycles. The van der Waals surface area contributed by atoms with Crippen molar-refractivity contribution in [2.45, 2.75) is 26.8 Å². The quantitative estimate of drug-likeness (QED) is 0.864. The van der Waals surface area contributed by atoms with E-state index < -0.39 is 0 Å². The summed E-state index contributed by atoms with van der Waals surface area (Å²) < 4.78 is 7.01. The van der Waals surface area contributed by atoms with E-state index in [-0.39, 0.29) is 18.6 Å². The van der Waals surface area contributed by atoms with Crippen LogP contribution in [0.5, 0.6) is 5.75 Å². The molecule has 7 nitrogen and oxygen atoms in total. The maximum Gasteiger partial charge on any atom is 0.258 e. The van der Waals surface area contributed by atoms with Crippen LogP contribution in [-0.2, 0) is 4.79 Å². The molecule has 1 aromatic carbocycles. The number of hydrogen-bond donors (Lipinski definition) is 1. The van der Waals surface area contributed by atoms with Gasteiger partial charge >= 0.3 is 0 Å². The lowest BCUT2D eigenvalue weighted by molar-refractivity contribution is -0.124. The summed E-state index contributed by atoms with van der Waals surface area (Å²) in [6, 6.07) is 7.35. The van der Waals surface area contributed by atoms with Gasteiger partial charge in [0.25, 0.3) is 5.91 Å². The number of benzene rings is 1. The smallest absolute Gasteiger partial charge is 0.258 e. The zero-order chi connectivity index (χ0) is 15.2. The molecule has 112 valence electrons. The number of amides is 1. The fraction of sp³-hybridized carbons (Fsp3) is 0.429. The Hall–Kier alpha value is -2.44. The van der Waals surface area contributed by atoms with E-state index >= 15 is 0 Å². The molecule has 1 heterocycles. The number of carbonyl (C=O) groups excluding carboxylic acids is 1. The molecule has 7 heteroatoms. The molecule has 0 saturated carbocycles. The van der Waals surface area contributed by atoms with Gasteiger partial charge in [0.15, 0.2) is 6.61 Å². The molecular formula is C14H19N5O2. The van der Waals surface area contributed by atoms with E-state index in [1.54, 1.807) is 12.1 Å². The summed E-state index contributed by atoms with van der Waals surface area (Å²) in [6.07, 6.45) is 1.50. The lowest BCUT2D eigenvalue weighted by Gasteiger charge is -2.17. The topological polar surface area (TPSA) is 81.9 Å². The predicted octanol–water partition coefficient (Wildman–Crippen LogP) is 1.20. The highest BCUT2D eigenvalue weighted by Crippen LogP contribution is 2.15. The van der Waals surface area contributed by atoms with Crippen molar-refractivity contribution in [3.8, 4) is 11.4 Å². The van der Waals surface area contributed by atoms with Crippen LogP contribution in [-0.4, -0.2) is 38.8 Å². The van der Waals surface area contributed by atoms with Gasteiger partial charge in [0.1, 0.15) is 12.1 Å². The largest absolute Gasteiger partial charge is 0.484 e. The van der Waals surface area contributed by atoms with Crippen LogP contribution in [0.3, 0.4) is 0 Å². The molecule has 0 aliphatic carbocycles. The Kier molecular flexibility index (Phi) is 4.86. The molecule has 1 N–H and O–H groups in total. The van der Waals surface area contributed by atoms with Crippen molar-refractivity contribution in [2.75, 3.05) is 6.61 Å². The number of carbonyl (C=O) groups is 1. The second-order valence-corrected chi connectivity index (χ2v) is 5.14. The van der Waals surface area contributed by atoms with E-state index in [1.165, 1.54) is 11.0 Å². The van der Waals surface area contributed by atoms with Gasteiger partial charge in [0.2, 0.25) is 0 Å². The van der Waals surface area contributed by atoms with Crippen LogP contribution in [0.15, 0.2) is 30.6 Å². The van der Waals surface area contributed by atoms with E-state index in [0.29, 0.717) is 11.7 Å². The SMILES string of the molecule is CC(C)C(C)NC(=O)COc1cccc(-n2cnnn2)c1. The molecule has 0 fully saturated rings. The van der Waals surface area contributed by atoms with E-state index in [9.17, 15) is 4.79 Å². The number of tetrazole rings is 1. The maximum atomic E-state index is 11.8. The van der Waals surface area contributed by atoms with Gasteiger partial charge in [0.05, 0.1) is 5.69 Å². The van der Waals surface area contributed by atoms with Gasteiger partial charge in [0, 0.05) is 12.1 Å². The van der Waals surface area contributed by atoms with Crippen molar-refractivity contribution in [2.24, 2.45) is 5.92 Å². The van der Waals surface area contributed by atoms with Gasteiger partial charge in [-0.05, 0) is 35.4 Å².